The Kier molecular flexibility index (Phi) is 6.71. The van der Waals surface area contributed by atoms with Crippen LogP contribution in [0, 0.1) is 0 Å². The van der Waals surface area contributed by atoms with E-state index in [1.807, 2.05) is 13.8 Å². The van der Waals surface area contributed by atoms with Crippen molar-refractivity contribution in [1.29, 1.82) is 0 Å². The number of rotatable bonds is 7. The molecule has 112 valence electrons. The zero-order chi connectivity index (χ0) is 15.1. The summed E-state index contributed by atoms with van der Waals surface area (Å²) in [6.07, 6.45) is 0.679. The van der Waals surface area contributed by atoms with E-state index < -0.39 is 6.61 Å². The number of hydrogen-bond acceptors (Lipinski definition) is 2. The number of alkyl halides is 3. The zero-order valence-electron chi connectivity index (χ0n) is 11.5. The molecule has 0 saturated heterocycles. The molecule has 20 heavy (non-hydrogen) atoms. The lowest BCUT2D eigenvalue weighted by atomic mass is 10.1. The van der Waals surface area contributed by atoms with Crippen LogP contribution in [0.15, 0.2) is 24.3 Å². The quantitative estimate of drug-likeness (QED) is 0.718. The van der Waals surface area contributed by atoms with Crippen LogP contribution in [0.5, 0.6) is 5.75 Å². The van der Waals surface area contributed by atoms with Crippen molar-refractivity contribution in [2.75, 3.05) is 12.4 Å². The normalized spacial score (nSPS) is 10.9. The molecule has 1 rings (SSSR count). The molecule has 0 aliphatic heterocycles. The zero-order valence-corrected chi connectivity index (χ0v) is 12.2. The second-order valence-corrected chi connectivity index (χ2v) is 4.92. The molecule has 0 bridgehead atoms. The summed E-state index contributed by atoms with van der Waals surface area (Å²) in [5, 5.41) is 0. The minimum atomic E-state index is -2.90. The van der Waals surface area contributed by atoms with Gasteiger partial charge in [0.15, 0.2) is 0 Å². The lowest BCUT2D eigenvalue weighted by molar-refractivity contribution is -0.0499. The number of ether oxygens (including phenoxy) is 1. The molecule has 0 aromatic heterocycles. The van der Waals surface area contributed by atoms with Gasteiger partial charge in [-0.05, 0) is 38.5 Å². The molecule has 0 radical (unpaired) electrons. The van der Waals surface area contributed by atoms with Crippen LogP contribution in [0.4, 0.5) is 8.78 Å². The van der Waals surface area contributed by atoms with Crippen LogP contribution < -0.4 is 4.74 Å². The third kappa shape index (κ3) is 4.96. The SMILES string of the molecule is CC(C)N(CCCCl)C(=O)c1cccc(OC(F)F)c1. The number of carbonyl (C=O) groups is 1. The largest absolute Gasteiger partial charge is 0.435 e. The number of amides is 1. The molecule has 3 nitrogen and oxygen atoms in total. The number of nitrogens with zero attached hydrogens (tertiary/aromatic N) is 1. The smallest absolute Gasteiger partial charge is 0.387 e. The Morgan fingerprint density at radius 3 is 2.65 bits per heavy atom. The third-order valence-corrected chi connectivity index (χ3v) is 2.99. The molecule has 0 unspecified atom stereocenters. The fourth-order valence-electron chi connectivity index (χ4n) is 1.80. The highest BCUT2D eigenvalue weighted by molar-refractivity contribution is 6.17. The summed E-state index contributed by atoms with van der Waals surface area (Å²) in [6.45, 7) is 1.41. The lowest BCUT2D eigenvalue weighted by Gasteiger charge is -2.26. The van der Waals surface area contributed by atoms with E-state index in [0.29, 0.717) is 24.4 Å². The first kappa shape index (κ1) is 16.7. The topological polar surface area (TPSA) is 29.5 Å². The summed E-state index contributed by atoms with van der Waals surface area (Å²) in [5.74, 6) is 0.224. The van der Waals surface area contributed by atoms with E-state index in [1.54, 1.807) is 11.0 Å². The van der Waals surface area contributed by atoms with Crippen LogP contribution in [0.3, 0.4) is 0 Å². The van der Waals surface area contributed by atoms with E-state index in [1.165, 1.54) is 18.2 Å². The standard InChI is InChI=1S/C14H18ClF2NO2/c1-10(2)18(8-4-7-15)13(19)11-5-3-6-12(9-11)20-14(16)17/h3,5-6,9-10,14H,4,7-8H2,1-2H3. The first-order valence-corrected chi connectivity index (χ1v) is 6.91. The van der Waals surface area contributed by atoms with Crippen molar-refractivity contribution in [3.8, 4) is 5.75 Å². The number of benzene rings is 1. The third-order valence-electron chi connectivity index (χ3n) is 2.72. The summed E-state index contributed by atoms with van der Waals surface area (Å²) < 4.78 is 28.7. The van der Waals surface area contributed by atoms with E-state index in [2.05, 4.69) is 4.74 Å². The Labute approximate surface area is 122 Å². The first-order chi connectivity index (χ1) is 9.45. The minimum absolute atomic E-state index is 0.00499. The van der Waals surface area contributed by atoms with Gasteiger partial charge in [-0.3, -0.25) is 4.79 Å². The van der Waals surface area contributed by atoms with Gasteiger partial charge in [0.2, 0.25) is 0 Å². The number of hydrogen-bond donors (Lipinski definition) is 0. The van der Waals surface area contributed by atoms with Gasteiger partial charge in [-0.25, -0.2) is 0 Å². The molecule has 6 heteroatoms. The van der Waals surface area contributed by atoms with Crippen LogP contribution in [0.2, 0.25) is 0 Å². The molecule has 0 aliphatic carbocycles. The summed E-state index contributed by atoms with van der Waals surface area (Å²) in [5.41, 5.74) is 0.325. The van der Waals surface area contributed by atoms with Crippen molar-refractivity contribution < 1.29 is 18.3 Å². The van der Waals surface area contributed by atoms with Crippen LogP contribution in [0.25, 0.3) is 0 Å². The van der Waals surface area contributed by atoms with Gasteiger partial charge in [-0.1, -0.05) is 6.07 Å². The van der Waals surface area contributed by atoms with Gasteiger partial charge in [-0.15, -0.1) is 11.6 Å². The van der Waals surface area contributed by atoms with Gasteiger partial charge in [0.1, 0.15) is 5.75 Å². The van der Waals surface area contributed by atoms with E-state index in [4.69, 9.17) is 11.6 Å². The Morgan fingerprint density at radius 2 is 2.10 bits per heavy atom. The fourth-order valence-corrected chi connectivity index (χ4v) is 1.92. The molecular weight excluding hydrogens is 288 g/mol. The minimum Gasteiger partial charge on any atom is -0.435 e. The molecule has 1 aromatic carbocycles. The highest BCUT2D eigenvalue weighted by Crippen LogP contribution is 2.18. The highest BCUT2D eigenvalue weighted by Gasteiger charge is 2.19. The number of carbonyl (C=O) groups excluding carboxylic acids is 1. The summed E-state index contributed by atoms with van der Waals surface area (Å²) in [4.78, 5) is 14.0. The monoisotopic (exact) mass is 305 g/mol. The Hall–Kier alpha value is -1.36. The van der Waals surface area contributed by atoms with Crippen LogP contribution in [0.1, 0.15) is 30.6 Å². The highest BCUT2D eigenvalue weighted by atomic mass is 35.5. The second-order valence-electron chi connectivity index (χ2n) is 4.54. The van der Waals surface area contributed by atoms with Gasteiger partial charge in [0.05, 0.1) is 0 Å². The van der Waals surface area contributed by atoms with Crippen LogP contribution in [-0.4, -0.2) is 35.9 Å². The molecule has 0 saturated carbocycles. The maximum Gasteiger partial charge on any atom is 0.387 e. The van der Waals surface area contributed by atoms with Crippen molar-refractivity contribution in [3.63, 3.8) is 0 Å². The summed E-state index contributed by atoms with van der Waals surface area (Å²) in [6, 6.07) is 5.82. The molecule has 0 spiro atoms. The summed E-state index contributed by atoms with van der Waals surface area (Å²) >= 11 is 5.64. The molecule has 0 aliphatic rings. The second kappa shape index (κ2) is 8.04. The predicted molar refractivity (Wildman–Crippen MR) is 74.6 cm³/mol. The molecule has 1 aromatic rings. The fraction of sp³-hybridized carbons (Fsp3) is 0.500. The van der Waals surface area contributed by atoms with Gasteiger partial charge >= 0.3 is 6.61 Å². The van der Waals surface area contributed by atoms with Gasteiger partial charge < -0.3 is 9.64 Å². The maximum atomic E-state index is 12.4. The average molecular weight is 306 g/mol. The van der Waals surface area contributed by atoms with Crippen LogP contribution >= 0.6 is 11.6 Å². The van der Waals surface area contributed by atoms with Crippen molar-refractivity contribution in [3.05, 3.63) is 29.8 Å². The molecule has 0 heterocycles. The van der Waals surface area contributed by atoms with Crippen molar-refractivity contribution in [1.82, 2.24) is 4.90 Å². The molecular formula is C14H18ClF2NO2. The van der Waals surface area contributed by atoms with Gasteiger partial charge in [0, 0.05) is 24.0 Å². The Bertz CT molecular complexity index is 441. The van der Waals surface area contributed by atoms with E-state index >= 15 is 0 Å². The first-order valence-electron chi connectivity index (χ1n) is 6.37. The van der Waals surface area contributed by atoms with Gasteiger partial charge in [0.25, 0.3) is 5.91 Å². The van der Waals surface area contributed by atoms with E-state index in [-0.39, 0.29) is 17.7 Å². The van der Waals surface area contributed by atoms with Gasteiger partial charge in [-0.2, -0.15) is 8.78 Å². The maximum absolute atomic E-state index is 12.4. The van der Waals surface area contributed by atoms with Crippen molar-refractivity contribution in [2.45, 2.75) is 32.9 Å². The summed E-state index contributed by atoms with van der Waals surface area (Å²) in [7, 11) is 0. The van der Waals surface area contributed by atoms with Crippen molar-refractivity contribution >= 4 is 17.5 Å². The van der Waals surface area contributed by atoms with Crippen LogP contribution in [-0.2, 0) is 0 Å². The Morgan fingerprint density at radius 1 is 1.40 bits per heavy atom. The lowest BCUT2D eigenvalue weighted by Crippen LogP contribution is -2.37. The van der Waals surface area contributed by atoms with E-state index in [9.17, 15) is 13.6 Å². The Balaban J connectivity index is 2.88. The predicted octanol–water partition coefficient (Wildman–Crippen LogP) is 3.77. The van der Waals surface area contributed by atoms with E-state index in [0.717, 1.165) is 0 Å². The molecule has 0 N–H and O–H groups in total. The number of halogens is 3. The molecule has 1 amide bonds. The average Bonchev–Trinajstić information content (AvgIpc) is 2.38. The molecule has 0 fully saturated rings. The van der Waals surface area contributed by atoms with Crippen molar-refractivity contribution in [2.24, 2.45) is 0 Å². The molecule has 0 atom stereocenters.